The summed E-state index contributed by atoms with van der Waals surface area (Å²) < 4.78 is 0. The van der Waals surface area contributed by atoms with Crippen LogP contribution in [0, 0.1) is 0 Å². The minimum Gasteiger partial charge on any atom is -0.346 e. The van der Waals surface area contributed by atoms with Crippen LogP contribution >= 0.6 is 0 Å². The predicted molar refractivity (Wildman–Crippen MR) is 47.4 cm³/mol. The van der Waals surface area contributed by atoms with Gasteiger partial charge in [-0.1, -0.05) is 12.2 Å². The fourth-order valence-electron chi connectivity index (χ4n) is 0.741. The highest BCUT2D eigenvalue weighted by Crippen LogP contribution is 1.95. The smallest absolute Gasteiger partial charge is 0.222 e. The van der Waals surface area contributed by atoms with Gasteiger partial charge in [-0.25, -0.2) is 0 Å². The van der Waals surface area contributed by atoms with Crippen LogP contribution in [0.2, 0.25) is 0 Å². The second kappa shape index (κ2) is 5.96. The molecule has 0 bridgehead atoms. The minimum atomic E-state index is 0.227. The van der Waals surface area contributed by atoms with E-state index in [1.165, 1.54) is 0 Å². The van der Waals surface area contributed by atoms with Crippen LogP contribution < -0.4 is 0 Å². The Bertz CT molecular complexity index is 140. The van der Waals surface area contributed by atoms with Gasteiger partial charge >= 0.3 is 0 Å². The molecule has 0 saturated carbocycles. The SMILES string of the molecule is C/C=C/CCC(=O)N(C)CC. The third-order valence-corrected chi connectivity index (χ3v) is 1.66. The van der Waals surface area contributed by atoms with Crippen LogP contribution in [0.5, 0.6) is 0 Å². The molecule has 0 spiro atoms. The zero-order chi connectivity index (χ0) is 8.69. The average Bonchev–Trinajstić information content (AvgIpc) is 2.03. The normalized spacial score (nSPS) is 10.5. The van der Waals surface area contributed by atoms with Crippen LogP contribution in [-0.2, 0) is 4.79 Å². The molecule has 2 nitrogen and oxygen atoms in total. The molecule has 0 rings (SSSR count). The van der Waals surface area contributed by atoms with Gasteiger partial charge in [0.2, 0.25) is 5.91 Å². The molecule has 0 atom stereocenters. The number of hydrogen-bond acceptors (Lipinski definition) is 1. The van der Waals surface area contributed by atoms with Crippen molar-refractivity contribution in [3.63, 3.8) is 0 Å². The Morgan fingerprint density at radius 2 is 2.18 bits per heavy atom. The molecular weight excluding hydrogens is 138 g/mol. The molecule has 0 radical (unpaired) electrons. The van der Waals surface area contributed by atoms with Gasteiger partial charge in [-0.05, 0) is 20.3 Å². The summed E-state index contributed by atoms with van der Waals surface area (Å²) >= 11 is 0. The lowest BCUT2D eigenvalue weighted by molar-refractivity contribution is -0.129. The van der Waals surface area contributed by atoms with Gasteiger partial charge in [-0.3, -0.25) is 4.79 Å². The summed E-state index contributed by atoms with van der Waals surface area (Å²) in [5.74, 6) is 0.227. The third-order valence-electron chi connectivity index (χ3n) is 1.66. The summed E-state index contributed by atoms with van der Waals surface area (Å²) in [6.07, 6.45) is 5.48. The highest BCUT2D eigenvalue weighted by atomic mass is 16.2. The maximum atomic E-state index is 11.1. The molecule has 11 heavy (non-hydrogen) atoms. The zero-order valence-electron chi connectivity index (χ0n) is 7.63. The molecule has 0 aromatic heterocycles. The number of nitrogens with zero attached hydrogens (tertiary/aromatic N) is 1. The monoisotopic (exact) mass is 155 g/mol. The Morgan fingerprint density at radius 1 is 1.55 bits per heavy atom. The summed E-state index contributed by atoms with van der Waals surface area (Å²) in [5, 5.41) is 0. The standard InChI is InChI=1S/C9H17NO/c1-4-6-7-8-9(11)10(3)5-2/h4,6H,5,7-8H2,1-3H3/b6-4+. The fraction of sp³-hybridized carbons (Fsp3) is 0.667. The lowest BCUT2D eigenvalue weighted by atomic mass is 10.2. The van der Waals surface area contributed by atoms with Gasteiger partial charge in [0.15, 0.2) is 0 Å². The van der Waals surface area contributed by atoms with Gasteiger partial charge in [0.05, 0.1) is 0 Å². The van der Waals surface area contributed by atoms with Gasteiger partial charge in [-0.2, -0.15) is 0 Å². The Kier molecular flexibility index (Phi) is 5.53. The van der Waals surface area contributed by atoms with Crippen LogP contribution in [0.4, 0.5) is 0 Å². The molecule has 0 aliphatic carbocycles. The van der Waals surface area contributed by atoms with Crippen molar-refractivity contribution in [2.24, 2.45) is 0 Å². The van der Waals surface area contributed by atoms with Crippen molar-refractivity contribution in [2.45, 2.75) is 26.7 Å². The van der Waals surface area contributed by atoms with E-state index < -0.39 is 0 Å². The Morgan fingerprint density at radius 3 is 2.64 bits per heavy atom. The van der Waals surface area contributed by atoms with Crippen molar-refractivity contribution in [3.8, 4) is 0 Å². The van der Waals surface area contributed by atoms with E-state index in [2.05, 4.69) is 0 Å². The lowest BCUT2D eigenvalue weighted by Gasteiger charge is -2.12. The Balaban J connectivity index is 3.52. The molecule has 0 aromatic carbocycles. The predicted octanol–water partition coefficient (Wildman–Crippen LogP) is 1.82. The Hall–Kier alpha value is -0.790. The molecule has 0 N–H and O–H groups in total. The molecule has 0 unspecified atom stereocenters. The van der Waals surface area contributed by atoms with Crippen LogP contribution in [0.3, 0.4) is 0 Å². The topological polar surface area (TPSA) is 20.3 Å². The first-order valence-corrected chi connectivity index (χ1v) is 4.07. The van der Waals surface area contributed by atoms with Gasteiger partial charge < -0.3 is 4.90 Å². The van der Waals surface area contributed by atoms with Crippen molar-refractivity contribution in [2.75, 3.05) is 13.6 Å². The second-order valence-electron chi connectivity index (χ2n) is 2.52. The van der Waals surface area contributed by atoms with Crippen molar-refractivity contribution in [1.82, 2.24) is 4.90 Å². The molecule has 2 heteroatoms. The van der Waals surface area contributed by atoms with Crippen LogP contribution in [0.15, 0.2) is 12.2 Å². The Labute approximate surface area is 68.9 Å². The fourth-order valence-corrected chi connectivity index (χ4v) is 0.741. The summed E-state index contributed by atoms with van der Waals surface area (Å²) in [4.78, 5) is 12.9. The highest BCUT2D eigenvalue weighted by molar-refractivity contribution is 5.75. The molecule has 0 aromatic rings. The number of allylic oxidation sites excluding steroid dienone is 2. The number of rotatable bonds is 4. The van der Waals surface area contributed by atoms with Gasteiger partial charge in [0, 0.05) is 20.0 Å². The quantitative estimate of drug-likeness (QED) is 0.567. The van der Waals surface area contributed by atoms with Crippen LogP contribution in [-0.4, -0.2) is 24.4 Å². The summed E-state index contributed by atoms with van der Waals surface area (Å²) in [6.45, 7) is 4.75. The van der Waals surface area contributed by atoms with E-state index in [4.69, 9.17) is 0 Å². The van der Waals surface area contributed by atoms with Crippen LogP contribution in [0.25, 0.3) is 0 Å². The van der Waals surface area contributed by atoms with Crippen molar-refractivity contribution in [1.29, 1.82) is 0 Å². The minimum absolute atomic E-state index is 0.227. The maximum absolute atomic E-state index is 11.1. The first-order valence-electron chi connectivity index (χ1n) is 4.07. The maximum Gasteiger partial charge on any atom is 0.222 e. The van der Waals surface area contributed by atoms with E-state index in [1.54, 1.807) is 4.90 Å². The van der Waals surface area contributed by atoms with Crippen molar-refractivity contribution in [3.05, 3.63) is 12.2 Å². The van der Waals surface area contributed by atoms with E-state index in [9.17, 15) is 4.79 Å². The number of amides is 1. The van der Waals surface area contributed by atoms with Gasteiger partial charge in [-0.15, -0.1) is 0 Å². The van der Waals surface area contributed by atoms with Gasteiger partial charge in [0.1, 0.15) is 0 Å². The summed E-state index contributed by atoms with van der Waals surface area (Å²) in [6, 6.07) is 0. The first kappa shape index (κ1) is 10.2. The van der Waals surface area contributed by atoms with Crippen molar-refractivity contribution < 1.29 is 4.79 Å². The highest BCUT2D eigenvalue weighted by Gasteiger charge is 2.03. The average molecular weight is 155 g/mol. The van der Waals surface area contributed by atoms with Crippen LogP contribution in [0.1, 0.15) is 26.7 Å². The van der Waals surface area contributed by atoms with E-state index in [0.717, 1.165) is 13.0 Å². The number of carbonyl (C=O) groups excluding carboxylic acids is 1. The molecule has 0 heterocycles. The third kappa shape index (κ3) is 4.59. The second-order valence-corrected chi connectivity index (χ2v) is 2.52. The van der Waals surface area contributed by atoms with E-state index >= 15 is 0 Å². The molecule has 0 saturated heterocycles. The molecule has 64 valence electrons. The summed E-state index contributed by atoms with van der Waals surface area (Å²) in [7, 11) is 1.83. The van der Waals surface area contributed by atoms with E-state index in [0.29, 0.717) is 6.42 Å². The number of hydrogen-bond donors (Lipinski definition) is 0. The van der Waals surface area contributed by atoms with E-state index in [1.807, 2.05) is 33.0 Å². The zero-order valence-corrected chi connectivity index (χ0v) is 7.63. The van der Waals surface area contributed by atoms with Crippen molar-refractivity contribution >= 4 is 5.91 Å². The molecular formula is C9H17NO. The molecule has 0 aliphatic rings. The lowest BCUT2D eigenvalue weighted by Crippen LogP contribution is -2.25. The molecule has 0 aliphatic heterocycles. The van der Waals surface area contributed by atoms with Gasteiger partial charge in [0.25, 0.3) is 0 Å². The first-order chi connectivity index (χ1) is 5.22. The van der Waals surface area contributed by atoms with E-state index in [-0.39, 0.29) is 5.91 Å². The largest absolute Gasteiger partial charge is 0.346 e. The molecule has 1 amide bonds. The number of carbonyl (C=O) groups is 1. The summed E-state index contributed by atoms with van der Waals surface area (Å²) in [5.41, 5.74) is 0. The molecule has 0 fully saturated rings.